The van der Waals surface area contributed by atoms with Crippen molar-refractivity contribution in [2.75, 3.05) is 26.3 Å². The van der Waals surface area contributed by atoms with E-state index in [9.17, 15) is 18.0 Å². The van der Waals surface area contributed by atoms with E-state index in [0.717, 1.165) is 4.47 Å². The number of amides is 1. The van der Waals surface area contributed by atoms with Gasteiger partial charge in [0.05, 0.1) is 11.1 Å². The molecule has 0 aliphatic heterocycles. The largest absolute Gasteiger partial charge is 0.483 e. The molecular weight excluding hydrogens is 423 g/mol. The van der Waals surface area contributed by atoms with Crippen molar-refractivity contribution in [1.29, 1.82) is 0 Å². The van der Waals surface area contributed by atoms with E-state index in [1.54, 1.807) is 18.2 Å². The van der Waals surface area contributed by atoms with Gasteiger partial charge in [0.1, 0.15) is 12.3 Å². The fourth-order valence-electron chi connectivity index (χ4n) is 1.45. The Morgan fingerprint density at radius 3 is 2.52 bits per heavy atom. The molecule has 0 radical (unpaired) electrons. The van der Waals surface area contributed by atoms with Crippen molar-refractivity contribution in [3.8, 4) is 5.75 Å². The van der Waals surface area contributed by atoms with Crippen molar-refractivity contribution in [2.45, 2.75) is 6.18 Å². The van der Waals surface area contributed by atoms with Gasteiger partial charge in [0.15, 0.2) is 6.61 Å². The molecule has 0 atom stereocenters. The lowest BCUT2D eigenvalue weighted by molar-refractivity contribution is -0.163. The Balaban J connectivity index is 2.64. The molecule has 1 amide bonds. The summed E-state index contributed by atoms with van der Waals surface area (Å²) in [6.07, 6.45) is -4.52. The van der Waals surface area contributed by atoms with Crippen LogP contribution in [0.4, 0.5) is 13.2 Å². The van der Waals surface area contributed by atoms with Crippen LogP contribution >= 0.6 is 31.9 Å². The Morgan fingerprint density at radius 2 is 2.00 bits per heavy atom. The van der Waals surface area contributed by atoms with Gasteiger partial charge in [0, 0.05) is 11.0 Å². The van der Waals surface area contributed by atoms with Crippen LogP contribution in [0.5, 0.6) is 5.75 Å². The molecule has 21 heavy (non-hydrogen) atoms. The third kappa shape index (κ3) is 6.66. The van der Waals surface area contributed by atoms with Gasteiger partial charge in [-0.25, -0.2) is 0 Å². The van der Waals surface area contributed by atoms with Crippen LogP contribution in [0.3, 0.4) is 0 Å². The second-order valence-corrected chi connectivity index (χ2v) is 5.79. The molecule has 9 heteroatoms. The van der Waals surface area contributed by atoms with Gasteiger partial charge in [-0.1, -0.05) is 15.9 Å². The SMILES string of the molecule is O=C(COc1ccc(Br)cc1Br)N(CCO)CC(F)(F)F. The quantitative estimate of drug-likeness (QED) is 0.748. The average molecular weight is 435 g/mol. The number of rotatable bonds is 6. The zero-order chi connectivity index (χ0) is 16.0. The van der Waals surface area contributed by atoms with E-state index in [4.69, 9.17) is 9.84 Å². The van der Waals surface area contributed by atoms with E-state index < -0.39 is 38.4 Å². The first-order valence-corrected chi connectivity index (χ1v) is 7.35. The Hall–Kier alpha value is -0.800. The zero-order valence-corrected chi connectivity index (χ0v) is 13.8. The minimum absolute atomic E-state index is 0.336. The van der Waals surface area contributed by atoms with E-state index in [0.29, 0.717) is 15.1 Å². The minimum Gasteiger partial charge on any atom is -0.483 e. The van der Waals surface area contributed by atoms with Crippen molar-refractivity contribution in [3.63, 3.8) is 0 Å². The second-order valence-electron chi connectivity index (χ2n) is 4.02. The fourth-order valence-corrected chi connectivity index (χ4v) is 2.61. The molecular formula is C12H12Br2F3NO3. The molecule has 1 aromatic rings. The lowest BCUT2D eigenvalue weighted by Crippen LogP contribution is -2.42. The maximum Gasteiger partial charge on any atom is 0.406 e. The summed E-state index contributed by atoms with van der Waals surface area (Å²) in [5.74, 6) is -0.515. The summed E-state index contributed by atoms with van der Waals surface area (Å²) in [4.78, 5) is 12.2. The molecule has 0 fully saturated rings. The van der Waals surface area contributed by atoms with Crippen molar-refractivity contribution in [1.82, 2.24) is 4.90 Å². The Bertz CT molecular complexity index is 497. The van der Waals surface area contributed by atoms with E-state index >= 15 is 0 Å². The molecule has 4 nitrogen and oxygen atoms in total. The molecule has 0 aliphatic carbocycles. The van der Waals surface area contributed by atoms with E-state index in [2.05, 4.69) is 31.9 Å². The number of alkyl halides is 3. The normalized spacial score (nSPS) is 11.3. The van der Waals surface area contributed by atoms with Gasteiger partial charge >= 0.3 is 6.18 Å². The smallest absolute Gasteiger partial charge is 0.406 e. The molecule has 0 aromatic heterocycles. The summed E-state index contributed by atoms with van der Waals surface area (Å²) < 4.78 is 43.5. The Morgan fingerprint density at radius 1 is 1.33 bits per heavy atom. The number of carbonyl (C=O) groups excluding carboxylic acids is 1. The molecule has 0 unspecified atom stereocenters. The molecule has 0 bridgehead atoms. The summed E-state index contributed by atoms with van der Waals surface area (Å²) in [7, 11) is 0. The molecule has 1 N–H and O–H groups in total. The number of hydrogen-bond acceptors (Lipinski definition) is 3. The summed E-state index contributed by atoms with van der Waals surface area (Å²) in [6.45, 7) is -2.92. The van der Waals surface area contributed by atoms with Crippen LogP contribution in [0.15, 0.2) is 27.1 Å². The van der Waals surface area contributed by atoms with Gasteiger partial charge in [-0.2, -0.15) is 13.2 Å². The second kappa shape index (κ2) is 8.00. The number of hydrogen-bond donors (Lipinski definition) is 1. The third-order valence-electron chi connectivity index (χ3n) is 2.34. The van der Waals surface area contributed by atoms with E-state index in [1.165, 1.54) is 0 Å². The van der Waals surface area contributed by atoms with Crippen molar-refractivity contribution in [3.05, 3.63) is 27.1 Å². The number of nitrogens with zero attached hydrogens (tertiary/aromatic N) is 1. The lowest BCUT2D eigenvalue weighted by atomic mass is 10.3. The van der Waals surface area contributed by atoms with Crippen LogP contribution in [-0.2, 0) is 4.79 Å². The summed E-state index contributed by atoms with van der Waals surface area (Å²) in [5.41, 5.74) is 0. The molecule has 0 saturated heterocycles. The Kier molecular flexibility index (Phi) is 6.95. The van der Waals surface area contributed by atoms with Gasteiger partial charge in [-0.15, -0.1) is 0 Å². The highest BCUT2D eigenvalue weighted by molar-refractivity contribution is 9.11. The fraction of sp³-hybridized carbons (Fsp3) is 0.417. The van der Waals surface area contributed by atoms with Crippen LogP contribution in [0.25, 0.3) is 0 Å². The monoisotopic (exact) mass is 433 g/mol. The van der Waals surface area contributed by atoms with Gasteiger partial charge in [0.2, 0.25) is 0 Å². The summed E-state index contributed by atoms with van der Waals surface area (Å²) >= 11 is 6.45. The molecule has 1 rings (SSSR count). The molecule has 1 aromatic carbocycles. The van der Waals surface area contributed by atoms with Gasteiger partial charge in [-0.05, 0) is 34.1 Å². The highest BCUT2D eigenvalue weighted by atomic mass is 79.9. The predicted octanol–water partition coefficient (Wildman–Crippen LogP) is 2.97. The number of aliphatic hydroxyl groups excluding tert-OH is 1. The average Bonchev–Trinajstić information content (AvgIpc) is 2.35. The van der Waals surface area contributed by atoms with Crippen molar-refractivity contribution >= 4 is 37.8 Å². The number of benzene rings is 1. The first-order chi connectivity index (χ1) is 9.73. The molecule has 0 saturated carbocycles. The first kappa shape index (κ1) is 18.2. The maximum atomic E-state index is 12.3. The van der Waals surface area contributed by atoms with Crippen molar-refractivity contribution < 1.29 is 27.8 Å². The lowest BCUT2D eigenvalue weighted by Gasteiger charge is -2.23. The van der Waals surface area contributed by atoms with E-state index in [1.807, 2.05) is 0 Å². The summed E-state index contributed by atoms with van der Waals surface area (Å²) in [6, 6.07) is 4.92. The molecule has 118 valence electrons. The van der Waals surface area contributed by atoms with Crippen LogP contribution in [0, 0.1) is 0 Å². The predicted molar refractivity (Wildman–Crippen MR) is 77.1 cm³/mol. The maximum absolute atomic E-state index is 12.3. The third-order valence-corrected chi connectivity index (χ3v) is 3.45. The molecule has 0 spiro atoms. The zero-order valence-electron chi connectivity index (χ0n) is 10.7. The van der Waals surface area contributed by atoms with Crippen LogP contribution < -0.4 is 4.74 Å². The van der Waals surface area contributed by atoms with Crippen LogP contribution in [0.2, 0.25) is 0 Å². The number of carbonyl (C=O) groups is 1. The van der Waals surface area contributed by atoms with Crippen LogP contribution in [-0.4, -0.2) is 48.4 Å². The topological polar surface area (TPSA) is 49.8 Å². The van der Waals surface area contributed by atoms with Gasteiger partial charge < -0.3 is 14.7 Å². The van der Waals surface area contributed by atoms with Gasteiger partial charge in [-0.3, -0.25) is 4.79 Å². The minimum atomic E-state index is -4.52. The molecule has 0 heterocycles. The number of aliphatic hydroxyl groups is 1. The highest BCUT2D eigenvalue weighted by Crippen LogP contribution is 2.28. The van der Waals surface area contributed by atoms with Crippen LogP contribution in [0.1, 0.15) is 0 Å². The van der Waals surface area contributed by atoms with Crippen molar-refractivity contribution in [2.24, 2.45) is 0 Å². The van der Waals surface area contributed by atoms with E-state index in [-0.39, 0.29) is 0 Å². The standard InChI is InChI=1S/C12H12Br2F3NO3/c13-8-1-2-10(9(14)5-8)21-6-11(20)18(3-4-19)7-12(15,16)17/h1-2,5,19H,3-4,6-7H2. The molecule has 0 aliphatic rings. The highest BCUT2D eigenvalue weighted by Gasteiger charge is 2.32. The Labute approximate surface area is 136 Å². The van der Waals surface area contributed by atoms with Gasteiger partial charge in [0.25, 0.3) is 5.91 Å². The first-order valence-electron chi connectivity index (χ1n) is 5.76. The number of ether oxygens (including phenoxy) is 1. The number of halogens is 5. The summed E-state index contributed by atoms with van der Waals surface area (Å²) in [5, 5.41) is 8.73.